The average molecular weight is 349 g/mol. The molecule has 1 aromatic heterocycles. The summed E-state index contributed by atoms with van der Waals surface area (Å²) in [5.74, 6) is 5.85. The Balaban J connectivity index is 2.26. The summed E-state index contributed by atoms with van der Waals surface area (Å²) in [6, 6.07) is 9.44. The van der Waals surface area contributed by atoms with Crippen LogP contribution in [0.5, 0.6) is 0 Å². The van der Waals surface area contributed by atoms with Crippen LogP contribution in [0.2, 0.25) is 0 Å². The van der Waals surface area contributed by atoms with Crippen LogP contribution < -0.4 is 16.6 Å². The van der Waals surface area contributed by atoms with Gasteiger partial charge in [0.05, 0.1) is 5.56 Å². The van der Waals surface area contributed by atoms with Crippen molar-refractivity contribution in [3.63, 3.8) is 0 Å². The molecule has 1 amide bonds. The van der Waals surface area contributed by atoms with Crippen LogP contribution in [0.1, 0.15) is 35.7 Å². The van der Waals surface area contributed by atoms with Crippen LogP contribution in [-0.4, -0.2) is 10.9 Å². The van der Waals surface area contributed by atoms with Gasteiger partial charge in [0.25, 0.3) is 5.91 Å². The van der Waals surface area contributed by atoms with Crippen molar-refractivity contribution < 1.29 is 4.79 Å². The lowest BCUT2D eigenvalue weighted by Crippen LogP contribution is -2.18. The number of nitrogen functional groups attached to an aromatic ring is 1. The van der Waals surface area contributed by atoms with Gasteiger partial charge in [-0.15, -0.1) is 0 Å². The molecule has 6 heteroatoms. The van der Waals surface area contributed by atoms with Crippen molar-refractivity contribution >= 4 is 33.3 Å². The van der Waals surface area contributed by atoms with E-state index in [-0.39, 0.29) is 5.91 Å². The van der Waals surface area contributed by atoms with E-state index in [4.69, 9.17) is 5.84 Å². The van der Waals surface area contributed by atoms with Gasteiger partial charge in [-0.1, -0.05) is 26.0 Å². The predicted octanol–water partition coefficient (Wildman–Crippen LogP) is 3.51. The smallest absolute Gasteiger partial charge is 0.259 e. The molecule has 5 nitrogen and oxygen atoms in total. The third kappa shape index (κ3) is 3.80. The summed E-state index contributed by atoms with van der Waals surface area (Å²) in [7, 11) is 0. The molecule has 0 aliphatic carbocycles. The van der Waals surface area contributed by atoms with Crippen molar-refractivity contribution in [3.8, 4) is 0 Å². The molecule has 0 aliphatic rings. The zero-order chi connectivity index (χ0) is 15.4. The van der Waals surface area contributed by atoms with Crippen molar-refractivity contribution in [2.45, 2.75) is 19.8 Å². The fourth-order valence-electron chi connectivity index (χ4n) is 1.90. The highest BCUT2D eigenvalue weighted by atomic mass is 79.9. The average Bonchev–Trinajstić information content (AvgIpc) is 2.47. The van der Waals surface area contributed by atoms with Crippen LogP contribution in [0.4, 0.5) is 11.5 Å². The van der Waals surface area contributed by atoms with Crippen LogP contribution in [0, 0.1) is 0 Å². The molecule has 0 atom stereocenters. The SMILES string of the molecule is CC(C)c1cccc(NC(=O)c2cc(Br)cnc2NN)c1. The van der Waals surface area contributed by atoms with Crippen molar-refractivity contribution in [2.75, 3.05) is 10.7 Å². The Bertz CT molecular complexity index is 658. The summed E-state index contributed by atoms with van der Waals surface area (Å²) in [5, 5.41) is 2.86. The highest BCUT2D eigenvalue weighted by Gasteiger charge is 2.13. The molecule has 0 unspecified atom stereocenters. The van der Waals surface area contributed by atoms with E-state index in [0.717, 1.165) is 11.3 Å². The quantitative estimate of drug-likeness (QED) is 0.583. The Morgan fingerprint density at radius 2 is 2.10 bits per heavy atom. The van der Waals surface area contributed by atoms with Crippen molar-refractivity contribution in [1.82, 2.24) is 4.98 Å². The number of hydrogen-bond acceptors (Lipinski definition) is 4. The standard InChI is InChI=1S/C15H17BrN4O/c1-9(2)10-4-3-5-12(6-10)19-15(21)13-7-11(16)8-18-14(13)20-17/h3-9H,17H2,1-2H3,(H,18,20)(H,19,21). The van der Waals surface area contributed by atoms with E-state index in [1.54, 1.807) is 12.3 Å². The summed E-state index contributed by atoms with van der Waals surface area (Å²) in [6.07, 6.45) is 1.57. The van der Waals surface area contributed by atoms with E-state index in [2.05, 4.69) is 45.5 Å². The maximum Gasteiger partial charge on any atom is 0.259 e. The molecule has 0 saturated carbocycles. The molecular weight excluding hydrogens is 332 g/mol. The third-order valence-electron chi connectivity index (χ3n) is 3.05. The van der Waals surface area contributed by atoms with E-state index >= 15 is 0 Å². The molecule has 2 aromatic rings. The van der Waals surface area contributed by atoms with Crippen molar-refractivity contribution in [1.29, 1.82) is 0 Å². The number of amides is 1. The minimum absolute atomic E-state index is 0.266. The van der Waals surface area contributed by atoms with Gasteiger partial charge < -0.3 is 10.7 Å². The van der Waals surface area contributed by atoms with Gasteiger partial charge in [-0.2, -0.15) is 0 Å². The Kier molecular flexibility index (Phi) is 4.93. The molecule has 21 heavy (non-hydrogen) atoms. The minimum Gasteiger partial charge on any atom is -0.322 e. The third-order valence-corrected chi connectivity index (χ3v) is 3.48. The molecule has 1 aromatic carbocycles. The number of aromatic nitrogens is 1. The Hall–Kier alpha value is -1.92. The van der Waals surface area contributed by atoms with E-state index in [1.807, 2.05) is 24.3 Å². The van der Waals surface area contributed by atoms with Gasteiger partial charge in [-0.3, -0.25) is 4.79 Å². The summed E-state index contributed by atoms with van der Waals surface area (Å²) in [5.41, 5.74) is 4.71. The second-order valence-electron chi connectivity index (χ2n) is 4.93. The first-order valence-electron chi connectivity index (χ1n) is 6.54. The maximum absolute atomic E-state index is 12.4. The first-order chi connectivity index (χ1) is 10.0. The number of pyridine rings is 1. The summed E-state index contributed by atoms with van der Waals surface area (Å²) >= 11 is 3.30. The molecule has 0 bridgehead atoms. The largest absolute Gasteiger partial charge is 0.322 e. The second kappa shape index (κ2) is 6.69. The number of rotatable bonds is 4. The molecule has 0 aliphatic heterocycles. The number of benzene rings is 1. The first-order valence-corrected chi connectivity index (χ1v) is 7.34. The first kappa shape index (κ1) is 15.5. The minimum atomic E-state index is -0.266. The van der Waals surface area contributed by atoms with Gasteiger partial charge in [0.1, 0.15) is 0 Å². The Labute approximate surface area is 132 Å². The zero-order valence-corrected chi connectivity index (χ0v) is 13.4. The number of anilines is 2. The lowest BCUT2D eigenvalue weighted by molar-refractivity contribution is 0.102. The Morgan fingerprint density at radius 3 is 2.76 bits per heavy atom. The molecule has 0 fully saturated rings. The molecule has 0 spiro atoms. The molecule has 2 rings (SSSR count). The van der Waals surface area contributed by atoms with E-state index in [1.165, 1.54) is 0 Å². The monoisotopic (exact) mass is 348 g/mol. The van der Waals surface area contributed by atoms with Gasteiger partial charge >= 0.3 is 0 Å². The highest BCUT2D eigenvalue weighted by molar-refractivity contribution is 9.10. The zero-order valence-electron chi connectivity index (χ0n) is 11.9. The number of halogens is 1. The number of hydrazine groups is 1. The van der Waals surface area contributed by atoms with Crippen LogP contribution in [0.25, 0.3) is 0 Å². The van der Waals surface area contributed by atoms with E-state index in [9.17, 15) is 4.79 Å². The van der Waals surface area contributed by atoms with Gasteiger partial charge in [0.2, 0.25) is 0 Å². The number of nitrogens with two attached hydrogens (primary N) is 1. The number of carbonyl (C=O) groups excluding carboxylic acids is 1. The van der Waals surface area contributed by atoms with E-state index in [0.29, 0.717) is 21.8 Å². The Morgan fingerprint density at radius 1 is 1.33 bits per heavy atom. The highest BCUT2D eigenvalue weighted by Crippen LogP contribution is 2.21. The molecule has 1 heterocycles. The topological polar surface area (TPSA) is 80.0 Å². The second-order valence-corrected chi connectivity index (χ2v) is 5.84. The molecule has 4 N–H and O–H groups in total. The number of nitrogens with zero attached hydrogens (tertiary/aromatic N) is 1. The summed E-state index contributed by atoms with van der Waals surface area (Å²) in [6.45, 7) is 4.21. The van der Waals surface area contributed by atoms with Gasteiger partial charge in [0, 0.05) is 16.4 Å². The van der Waals surface area contributed by atoms with Gasteiger partial charge in [-0.25, -0.2) is 10.8 Å². The number of nitrogens with one attached hydrogen (secondary N) is 2. The normalized spacial score (nSPS) is 10.5. The molecule has 110 valence electrons. The fourth-order valence-corrected chi connectivity index (χ4v) is 2.23. The fraction of sp³-hybridized carbons (Fsp3) is 0.200. The predicted molar refractivity (Wildman–Crippen MR) is 88.2 cm³/mol. The molecule has 0 saturated heterocycles. The van der Waals surface area contributed by atoms with Crippen molar-refractivity contribution in [3.05, 3.63) is 52.1 Å². The van der Waals surface area contributed by atoms with Crippen LogP contribution in [-0.2, 0) is 0 Å². The van der Waals surface area contributed by atoms with Crippen LogP contribution in [0.3, 0.4) is 0 Å². The maximum atomic E-state index is 12.4. The molecular formula is C15H17BrN4O. The van der Waals surface area contributed by atoms with Gasteiger partial charge in [-0.05, 0) is 45.6 Å². The number of hydrogen-bond donors (Lipinski definition) is 3. The van der Waals surface area contributed by atoms with E-state index < -0.39 is 0 Å². The molecule has 0 radical (unpaired) electrons. The van der Waals surface area contributed by atoms with Crippen LogP contribution >= 0.6 is 15.9 Å². The van der Waals surface area contributed by atoms with Gasteiger partial charge in [0.15, 0.2) is 5.82 Å². The number of carbonyl (C=O) groups is 1. The lowest BCUT2D eigenvalue weighted by Gasteiger charge is -2.11. The summed E-state index contributed by atoms with van der Waals surface area (Å²) < 4.78 is 0.711. The lowest BCUT2D eigenvalue weighted by atomic mass is 10.0. The summed E-state index contributed by atoms with van der Waals surface area (Å²) in [4.78, 5) is 16.4. The van der Waals surface area contributed by atoms with Crippen LogP contribution in [0.15, 0.2) is 41.0 Å². The van der Waals surface area contributed by atoms with Crippen molar-refractivity contribution in [2.24, 2.45) is 5.84 Å².